The van der Waals surface area contributed by atoms with Gasteiger partial charge in [-0.1, -0.05) is 24.3 Å². The molecule has 11 heteroatoms. The summed E-state index contributed by atoms with van der Waals surface area (Å²) in [4.78, 5) is 23.7. The second kappa shape index (κ2) is 15.7. The summed E-state index contributed by atoms with van der Waals surface area (Å²) in [6, 6.07) is 22.8. The number of hydrogen-bond acceptors (Lipinski definition) is 8. The van der Waals surface area contributed by atoms with Crippen LogP contribution in [0.4, 0.5) is 10.3 Å². The number of anilines is 1. The number of benzene rings is 3. The minimum Gasteiger partial charge on any atom is -0.493 e. The number of ether oxygens (including phenoxy) is 3. The zero-order valence-electron chi connectivity index (χ0n) is 30.3. The minimum absolute atomic E-state index is 0.144. The molecule has 0 saturated carbocycles. The van der Waals surface area contributed by atoms with Gasteiger partial charge in [0.05, 0.1) is 50.6 Å². The quantitative estimate of drug-likeness (QED) is 0.122. The van der Waals surface area contributed by atoms with E-state index in [-0.39, 0.29) is 11.7 Å². The molecule has 1 atom stereocenters. The summed E-state index contributed by atoms with van der Waals surface area (Å²) in [6.07, 6.45) is 6.73. The fourth-order valence-corrected chi connectivity index (χ4v) is 8.00. The average molecular weight is 710 g/mol. The molecular weight excluding hydrogens is 661 g/mol. The standard InChI is InChI=1S/C41H48FN5O5/c1-49-36-24-30(25-37(50-2)38(36)51-3)27-46-22-18-41(39(46)48,26-29-11-13-31(42)14-12-29)17-7-19-45-20-15-32(16-21-45)43-40-44-34-9-4-5-10-35(34)47(40)28-33-8-6-23-52-33/h4-6,8-14,23-25,32H,7,15-22,26-28H2,1-3H3,(H,43,44). The summed E-state index contributed by atoms with van der Waals surface area (Å²) < 4.78 is 38.3. The van der Waals surface area contributed by atoms with Crippen molar-refractivity contribution in [3.63, 3.8) is 0 Å². The molecule has 52 heavy (non-hydrogen) atoms. The van der Waals surface area contributed by atoms with Crippen LogP contribution >= 0.6 is 0 Å². The molecule has 5 aromatic rings. The van der Waals surface area contributed by atoms with Crippen molar-refractivity contribution in [3.05, 3.63) is 102 Å². The minimum atomic E-state index is -0.550. The Morgan fingerprint density at radius 3 is 2.35 bits per heavy atom. The van der Waals surface area contributed by atoms with Gasteiger partial charge in [-0.15, -0.1) is 0 Å². The van der Waals surface area contributed by atoms with E-state index in [9.17, 15) is 9.18 Å². The Labute approximate surface area is 304 Å². The van der Waals surface area contributed by atoms with Crippen LogP contribution in [0.5, 0.6) is 17.2 Å². The van der Waals surface area contributed by atoms with Crippen molar-refractivity contribution in [1.82, 2.24) is 19.4 Å². The van der Waals surface area contributed by atoms with Crippen LogP contribution in [0.3, 0.4) is 0 Å². The van der Waals surface area contributed by atoms with Crippen LogP contribution in [0.15, 0.2) is 83.5 Å². The van der Waals surface area contributed by atoms with Gasteiger partial charge in [-0.2, -0.15) is 0 Å². The molecule has 10 nitrogen and oxygen atoms in total. The van der Waals surface area contributed by atoms with Crippen LogP contribution in [0.2, 0.25) is 0 Å². The monoisotopic (exact) mass is 709 g/mol. The van der Waals surface area contributed by atoms with E-state index >= 15 is 0 Å². The number of likely N-dealkylation sites (tertiary alicyclic amines) is 2. The maximum absolute atomic E-state index is 14.4. The van der Waals surface area contributed by atoms with Gasteiger partial charge in [-0.3, -0.25) is 4.79 Å². The van der Waals surface area contributed by atoms with Gasteiger partial charge in [0.2, 0.25) is 17.6 Å². The molecule has 2 aromatic heterocycles. The number of fused-ring (bicyclic) bond motifs is 1. The summed E-state index contributed by atoms with van der Waals surface area (Å²) in [5.41, 5.74) is 3.39. The number of imidazole rings is 1. The number of halogens is 1. The van der Waals surface area contributed by atoms with Gasteiger partial charge in [0.25, 0.3) is 0 Å². The maximum Gasteiger partial charge on any atom is 0.229 e. The smallest absolute Gasteiger partial charge is 0.229 e. The first kappa shape index (κ1) is 35.4. The second-order valence-electron chi connectivity index (χ2n) is 14.0. The average Bonchev–Trinajstić information content (AvgIpc) is 3.89. The van der Waals surface area contributed by atoms with Crippen LogP contribution in [0.1, 0.15) is 49.0 Å². The summed E-state index contributed by atoms with van der Waals surface area (Å²) in [6.45, 7) is 4.58. The van der Waals surface area contributed by atoms with Crippen LogP contribution in [0, 0.1) is 11.2 Å². The van der Waals surface area contributed by atoms with Gasteiger partial charge >= 0.3 is 0 Å². The molecule has 274 valence electrons. The lowest BCUT2D eigenvalue weighted by atomic mass is 9.76. The molecule has 2 aliphatic heterocycles. The number of carbonyl (C=O) groups is 1. The van der Waals surface area contributed by atoms with Gasteiger partial charge in [-0.25, -0.2) is 9.37 Å². The van der Waals surface area contributed by atoms with Crippen molar-refractivity contribution < 1.29 is 27.8 Å². The first-order chi connectivity index (χ1) is 25.4. The maximum atomic E-state index is 14.4. The molecule has 0 aliphatic carbocycles. The lowest BCUT2D eigenvalue weighted by molar-refractivity contribution is -0.137. The van der Waals surface area contributed by atoms with Gasteiger partial charge < -0.3 is 38.3 Å². The third-order valence-corrected chi connectivity index (χ3v) is 10.8. The second-order valence-corrected chi connectivity index (χ2v) is 14.0. The Morgan fingerprint density at radius 2 is 1.65 bits per heavy atom. The molecular formula is C41H48FN5O5. The fourth-order valence-electron chi connectivity index (χ4n) is 8.00. The van der Waals surface area contributed by atoms with Gasteiger partial charge in [0, 0.05) is 32.2 Å². The number of hydrogen-bond donors (Lipinski definition) is 1. The number of methoxy groups -OCH3 is 3. The number of nitrogens with zero attached hydrogens (tertiary/aromatic N) is 4. The number of amides is 1. The van der Waals surface area contributed by atoms with E-state index in [2.05, 4.69) is 20.9 Å². The number of piperidine rings is 1. The molecule has 2 aliphatic rings. The third kappa shape index (κ3) is 7.60. The Bertz CT molecular complexity index is 1930. The number of aromatic nitrogens is 2. The van der Waals surface area contributed by atoms with Crippen molar-refractivity contribution in [2.45, 2.75) is 57.7 Å². The molecule has 7 rings (SSSR count). The molecule has 0 bridgehead atoms. The summed E-state index contributed by atoms with van der Waals surface area (Å²) in [5.74, 6) is 3.29. The molecule has 0 radical (unpaired) electrons. The van der Waals surface area contributed by atoms with E-state index in [1.807, 2.05) is 59.5 Å². The number of furan rings is 1. The number of para-hydroxylation sites is 2. The van der Waals surface area contributed by atoms with Crippen molar-refractivity contribution in [1.29, 1.82) is 0 Å². The van der Waals surface area contributed by atoms with Crippen LogP contribution in [-0.2, 0) is 24.3 Å². The molecule has 1 N–H and O–H groups in total. The molecule has 1 unspecified atom stereocenters. The molecule has 1 amide bonds. The van der Waals surface area contributed by atoms with E-state index in [4.69, 9.17) is 23.6 Å². The van der Waals surface area contributed by atoms with E-state index in [0.717, 1.165) is 85.6 Å². The number of carbonyl (C=O) groups excluding carboxylic acids is 1. The molecule has 3 aromatic carbocycles. The topological polar surface area (TPSA) is 94.2 Å². The molecule has 4 heterocycles. The summed E-state index contributed by atoms with van der Waals surface area (Å²) >= 11 is 0. The molecule has 2 fully saturated rings. The highest BCUT2D eigenvalue weighted by Gasteiger charge is 2.46. The van der Waals surface area contributed by atoms with Crippen LogP contribution in [-0.4, -0.2) is 78.8 Å². The van der Waals surface area contributed by atoms with Crippen LogP contribution < -0.4 is 19.5 Å². The van der Waals surface area contributed by atoms with Crippen molar-refractivity contribution in [2.24, 2.45) is 5.41 Å². The van der Waals surface area contributed by atoms with Crippen molar-refractivity contribution >= 4 is 22.9 Å². The predicted octanol–water partition coefficient (Wildman–Crippen LogP) is 7.16. The summed E-state index contributed by atoms with van der Waals surface area (Å²) in [7, 11) is 4.77. The zero-order chi connectivity index (χ0) is 36.1. The number of rotatable bonds is 15. The van der Waals surface area contributed by atoms with Crippen LogP contribution in [0.25, 0.3) is 11.0 Å². The van der Waals surface area contributed by atoms with Crippen molar-refractivity contribution in [2.75, 3.05) is 52.8 Å². The molecule has 2 saturated heterocycles. The van der Waals surface area contributed by atoms with Gasteiger partial charge in [0.15, 0.2) is 11.5 Å². The zero-order valence-corrected chi connectivity index (χ0v) is 30.3. The number of nitrogens with one attached hydrogen (secondary N) is 1. The summed E-state index contributed by atoms with van der Waals surface area (Å²) in [5, 5.41) is 3.75. The van der Waals surface area contributed by atoms with E-state index < -0.39 is 5.41 Å². The van der Waals surface area contributed by atoms with E-state index in [1.165, 1.54) is 12.1 Å². The highest BCUT2D eigenvalue weighted by molar-refractivity contribution is 5.85. The first-order valence-electron chi connectivity index (χ1n) is 18.2. The lowest BCUT2D eigenvalue weighted by Crippen LogP contribution is -2.41. The predicted molar refractivity (Wildman–Crippen MR) is 199 cm³/mol. The highest BCUT2D eigenvalue weighted by Crippen LogP contribution is 2.43. The largest absolute Gasteiger partial charge is 0.493 e. The van der Waals surface area contributed by atoms with Crippen molar-refractivity contribution in [3.8, 4) is 17.2 Å². The van der Waals surface area contributed by atoms with Gasteiger partial charge in [0.1, 0.15) is 11.6 Å². The van der Waals surface area contributed by atoms with E-state index in [0.29, 0.717) is 49.3 Å². The Hall–Kier alpha value is -5.03. The highest BCUT2D eigenvalue weighted by atomic mass is 19.1. The van der Waals surface area contributed by atoms with Gasteiger partial charge in [-0.05, 0) is 105 Å². The third-order valence-electron chi connectivity index (χ3n) is 10.8. The Morgan fingerprint density at radius 1 is 0.904 bits per heavy atom. The Balaban J connectivity index is 0.987. The first-order valence-corrected chi connectivity index (χ1v) is 18.2. The van der Waals surface area contributed by atoms with E-state index in [1.54, 1.807) is 27.6 Å². The fraction of sp³-hybridized carbons (Fsp3) is 0.415. The lowest BCUT2D eigenvalue weighted by Gasteiger charge is -2.34. The Kier molecular flexibility index (Phi) is 10.7. The SMILES string of the molecule is COc1cc(CN2CCC(CCCN3CCC(Nc4nc5ccccc5n4Cc4ccco4)CC3)(Cc3ccc(F)cc3)C2=O)cc(OC)c1OC. The molecule has 0 spiro atoms. The normalized spacial score (nSPS) is 18.3.